The molecule has 0 bridgehead atoms. The third-order valence-corrected chi connectivity index (χ3v) is 4.14. The van der Waals surface area contributed by atoms with Crippen molar-refractivity contribution < 1.29 is 9.90 Å². The largest absolute Gasteiger partial charge is 0.391 e. The molecule has 2 saturated carbocycles. The summed E-state index contributed by atoms with van der Waals surface area (Å²) in [5.74, 6) is 0.166. The van der Waals surface area contributed by atoms with Crippen molar-refractivity contribution in [1.29, 1.82) is 0 Å². The number of hydrogen-bond acceptors (Lipinski definition) is 3. The number of nitrogens with one attached hydrogen (secondary N) is 1. The van der Waals surface area contributed by atoms with Gasteiger partial charge in [0, 0.05) is 12.0 Å². The Labute approximate surface area is 103 Å². The molecule has 0 spiro atoms. The van der Waals surface area contributed by atoms with Gasteiger partial charge in [-0.15, -0.1) is 0 Å². The van der Waals surface area contributed by atoms with E-state index in [9.17, 15) is 9.90 Å². The summed E-state index contributed by atoms with van der Waals surface area (Å²) in [7, 11) is 0. The van der Waals surface area contributed by atoms with E-state index in [0.29, 0.717) is 0 Å². The summed E-state index contributed by atoms with van der Waals surface area (Å²) in [5, 5.41) is 12.8. The smallest absolute Gasteiger partial charge is 0.223 e. The van der Waals surface area contributed by atoms with E-state index in [-0.39, 0.29) is 30.0 Å². The monoisotopic (exact) mass is 240 g/mol. The minimum Gasteiger partial charge on any atom is -0.391 e. The molecule has 0 aromatic carbocycles. The number of carbonyl (C=O) groups excluding carboxylic acids is 1. The van der Waals surface area contributed by atoms with Crippen molar-refractivity contribution in [2.45, 2.75) is 69.6 Å². The minimum atomic E-state index is -0.357. The molecule has 2 aliphatic carbocycles. The molecule has 0 saturated heterocycles. The second-order valence-electron chi connectivity index (χ2n) is 5.59. The number of aliphatic hydroxyl groups excluding tert-OH is 1. The van der Waals surface area contributed by atoms with E-state index in [4.69, 9.17) is 5.73 Å². The van der Waals surface area contributed by atoms with Gasteiger partial charge in [0.1, 0.15) is 0 Å². The lowest BCUT2D eigenvalue weighted by molar-refractivity contribution is -0.128. The van der Waals surface area contributed by atoms with Crippen molar-refractivity contribution in [3.8, 4) is 0 Å². The van der Waals surface area contributed by atoms with Gasteiger partial charge in [-0.3, -0.25) is 4.79 Å². The molecule has 0 aliphatic heterocycles. The first kappa shape index (κ1) is 12.8. The van der Waals surface area contributed by atoms with Crippen LogP contribution in [0.1, 0.15) is 51.4 Å². The van der Waals surface area contributed by atoms with Crippen LogP contribution in [-0.4, -0.2) is 29.2 Å². The van der Waals surface area contributed by atoms with E-state index in [1.54, 1.807) is 0 Å². The average Bonchev–Trinajstić information content (AvgIpc) is 2.32. The molecule has 17 heavy (non-hydrogen) atoms. The highest BCUT2D eigenvalue weighted by Gasteiger charge is 2.29. The van der Waals surface area contributed by atoms with Gasteiger partial charge in [0.05, 0.1) is 12.1 Å². The lowest BCUT2D eigenvalue weighted by atomic mass is 9.85. The van der Waals surface area contributed by atoms with Crippen molar-refractivity contribution in [2.75, 3.05) is 0 Å². The molecule has 4 heteroatoms. The van der Waals surface area contributed by atoms with Crippen molar-refractivity contribution in [1.82, 2.24) is 5.32 Å². The van der Waals surface area contributed by atoms with Crippen molar-refractivity contribution in [3.05, 3.63) is 0 Å². The van der Waals surface area contributed by atoms with Crippen LogP contribution in [0.15, 0.2) is 0 Å². The Kier molecular flexibility index (Phi) is 4.40. The Morgan fingerprint density at radius 2 is 1.88 bits per heavy atom. The Hall–Kier alpha value is -0.610. The number of aliphatic hydroxyl groups is 1. The van der Waals surface area contributed by atoms with E-state index in [1.165, 1.54) is 0 Å². The summed E-state index contributed by atoms with van der Waals surface area (Å²) in [6.07, 6.45) is 7.37. The zero-order chi connectivity index (χ0) is 12.3. The van der Waals surface area contributed by atoms with Gasteiger partial charge in [-0.1, -0.05) is 19.3 Å². The van der Waals surface area contributed by atoms with Crippen LogP contribution in [0.5, 0.6) is 0 Å². The second kappa shape index (κ2) is 5.83. The van der Waals surface area contributed by atoms with Crippen LogP contribution in [0.2, 0.25) is 0 Å². The van der Waals surface area contributed by atoms with Gasteiger partial charge in [-0.05, 0) is 32.1 Å². The Morgan fingerprint density at radius 1 is 1.12 bits per heavy atom. The van der Waals surface area contributed by atoms with Crippen molar-refractivity contribution in [2.24, 2.45) is 11.7 Å². The van der Waals surface area contributed by atoms with Crippen LogP contribution in [0.3, 0.4) is 0 Å². The molecule has 0 heterocycles. The molecular formula is C13H24N2O2. The van der Waals surface area contributed by atoms with Gasteiger partial charge in [0.25, 0.3) is 0 Å². The van der Waals surface area contributed by atoms with Gasteiger partial charge in [-0.25, -0.2) is 0 Å². The normalized spacial score (nSPS) is 38.7. The molecular weight excluding hydrogens is 216 g/mol. The number of nitrogens with two attached hydrogens (primary N) is 1. The average molecular weight is 240 g/mol. The van der Waals surface area contributed by atoms with Gasteiger partial charge >= 0.3 is 0 Å². The van der Waals surface area contributed by atoms with E-state index in [1.807, 2.05) is 0 Å². The van der Waals surface area contributed by atoms with Crippen LogP contribution >= 0.6 is 0 Å². The maximum atomic E-state index is 12.1. The molecule has 4 N–H and O–H groups in total. The summed E-state index contributed by atoms with van der Waals surface area (Å²) >= 11 is 0. The van der Waals surface area contributed by atoms with E-state index >= 15 is 0 Å². The van der Waals surface area contributed by atoms with Crippen LogP contribution < -0.4 is 11.1 Å². The van der Waals surface area contributed by atoms with Crippen molar-refractivity contribution >= 4 is 5.91 Å². The molecule has 0 aromatic rings. The summed E-state index contributed by atoms with van der Waals surface area (Å²) < 4.78 is 0. The maximum Gasteiger partial charge on any atom is 0.223 e. The SMILES string of the molecule is NC1CCCC(C(=O)N[C@@H]2CCCC[C@H]2O)C1. The maximum absolute atomic E-state index is 12.1. The third-order valence-electron chi connectivity index (χ3n) is 4.14. The van der Waals surface area contributed by atoms with Gasteiger partial charge in [0.2, 0.25) is 5.91 Å². The van der Waals surface area contributed by atoms with Gasteiger partial charge in [0.15, 0.2) is 0 Å². The summed E-state index contributed by atoms with van der Waals surface area (Å²) in [6, 6.07) is 0.144. The van der Waals surface area contributed by atoms with Crippen LogP contribution in [0.4, 0.5) is 0 Å². The number of amides is 1. The van der Waals surface area contributed by atoms with Crippen LogP contribution in [0, 0.1) is 5.92 Å². The minimum absolute atomic E-state index is 0.0330. The molecule has 2 aliphatic rings. The fraction of sp³-hybridized carbons (Fsp3) is 0.923. The van der Waals surface area contributed by atoms with Crippen molar-refractivity contribution in [3.63, 3.8) is 0 Å². The summed E-state index contributed by atoms with van der Waals surface area (Å²) in [4.78, 5) is 12.1. The standard InChI is InChI=1S/C13H24N2O2/c14-10-5-3-4-9(8-10)13(17)15-11-6-1-2-7-12(11)16/h9-12,16H,1-8,14H2,(H,15,17)/t9?,10?,11-,12-/m1/s1. The Morgan fingerprint density at radius 3 is 2.59 bits per heavy atom. The Bertz CT molecular complexity index is 270. The molecule has 98 valence electrons. The summed E-state index contributed by atoms with van der Waals surface area (Å²) in [6.45, 7) is 0. The number of carbonyl (C=O) groups is 1. The fourth-order valence-corrected chi connectivity index (χ4v) is 3.05. The zero-order valence-electron chi connectivity index (χ0n) is 10.4. The molecule has 2 rings (SSSR count). The summed E-state index contributed by atoms with van der Waals surface area (Å²) in [5.41, 5.74) is 5.89. The third kappa shape index (κ3) is 3.42. The lowest BCUT2D eigenvalue weighted by Gasteiger charge is -2.31. The molecule has 2 fully saturated rings. The molecule has 1 amide bonds. The highest BCUT2D eigenvalue weighted by molar-refractivity contribution is 5.79. The molecule has 0 aromatic heterocycles. The second-order valence-corrected chi connectivity index (χ2v) is 5.59. The van der Waals surface area contributed by atoms with E-state index in [0.717, 1.165) is 51.4 Å². The first-order valence-corrected chi connectivity index (χ1v) is 6.91. The van der Waals surface area contributed by atoms with Crippen LogP contribution in [-0.2, 0) is 4.79 Å². The number of hydrogen-bond donors (Lipinski definition) is 3. The van der Waals surface area contributed by atoms with Crippen LogP contribution in [0.25, 0.3) is 0 Å². The fourth-order valence-electron chi connectivity index (χ4n) is 3.05. The molecule has 0 radical (unpaired) electrons. The molecule has 2 unspecified atom stereocenters. The highest BCUT2D eigenvalue weighted by atomic mass is 16.3. The topological polar surface area (TPSA) is 75.4 Å². The number of rotatable bonds is 2. The quantitative estimate of drug-likeness (QED) is 0.672. The predicted molar refractivity (Wildman–Crippen MR) is 66.3 cm³/mol. The Balaban J connectivity index is 1.83. The molecule has 4 atom stereocenters. The van der Waals surface area contributed by atoms with E-state index < -0.39 is 0 Å². The first-order chi connectivity index (χ1) is 8.16. The molecule has 4 nitrogen and oxygen atoms in total. The van der Waals surface area contributed by atoms with Gasteiger partial charge in [-0.2, -0.15) is 0 Å². The van der Waals surface area contributed by atoms with E-state index in [2.05, 4.69) is 5.32 Å². The first-order valence-electron chi connectivity index (χ1n) is 6.91. The lowest BCUT2D eigenvalue weighted by Crippen LogP contribution is -2.48. The highest BCUT2D eigenvalue weighted by Crippen LogP contribution is 2.24. The van der Waals surface area contributed by atoms with Gasteiger partial charge < -0.3 is 16.2 Å². The predicted octanol–water partition coefficient (Wildman–Crippen LogP) is 0.924. The zero-order valence-corrected chi connectivity index (χ0v) is 10.4.